The molecule has 29 heavy (non-hydrogen) atoms. The van der Waals surface area contributed by atoms with Gasteiger partial charge in [-0.2, -0.15) is 0 Å². The quantitative estimate of drug-likeness (QED) is 0.504. The molecule has 1 aliphatic heterocycles. The first kappa shape index (κ1) is 23.2. The summed E-state index contributed by atoms with van der Waals surface area (Å²) in [6.45, 7) is 16.2. The van der Waals surface area contributed by atoms with E-state index in [4.69, 9.17) is 4.74 Å². The van der Waals surface area contributed by atoms with E-state index in [1.165, 1.54) is 28.7 Å². The van der Waals surface area contributed by atoms with Gasteiger partial charge in [0.1, 0.15) is 11.6 Å². The van der Waals surface area contributed by atoms with Crippen LogP contribution in [0.3, 0.4) is 0 Å². The number of benzene rings is 1. The topological polar surface area (TPSA) is 40.1 Å². The molecule has 0 atom stereocenters. The summed E-state index contributed by atoms with van der Waals surface area (Å²) < 4.78 is 5.78. The Kier molecular flexibility index (Phi) is 9.42. The molecule has 1 aliphatic rings. The van der Waals surface area contributed by atoms with Crippen molar-refractivity contribution in [1.29, 1.82) is 0 Å². The minimum atomic E-state index is 0.842. The molecule has 0 unspecified atom stereocenters. The molecule has 0 radical (unpaired) electrons. The van der Waals surface area contributed by atoms with Crippen molar-refractivity contribution in [2.24, 2.45) is 4.99 Å². The second kappa shape index (κ2) is 11.8. The molecule has 5 heteroatoms. The van der Waals surface area contributed by atoms with Crippen molar-refractivity contribution in [3.63, 3.8) is 0 Å². The van der Waals surface area contributed by atoms with Crippen molar-refractivity contribution in [3.8, 4) is 5.75 Å². The molecule has 0 amide bonds. The summed E-state index contributed by atoms with van der Waals surface area (Å²) in [5, 5.41) is 3.12. The molecular weight excluding hydrogens is 360 g/mol. The van der Waals surface area contributed by atoms with Crippen molar-refractivity contribution in [2.75, 3.05) is 46.9 Å². The number of hydrogen-bond donors (Lipinski definition) is 1. The number of hydrogen-bond acceptors (Lipinski definition) is 4. The number of nitrogens with zero attached hydrogens (tertiary/aromatic N) is 3. The average Bonchev–Trinajstić information content (AvgIpc) is 2.73. The van der Waals surface area contributed by atoms with Gasteiger partial charge < -0.3 is 10.1 Å². The van der Waals surface area contributed by atoms with Crippen molar-refractivity contribution >= 4 is 11.9 Å². The van der Waals surface area contributed by atoms with Gasteiger partial charge in [-0.25, -0.2) is 0 Å². The normalized spacial score (nSPS) is 16.4. The van der Waals surface area contributed by atoms with E-state index < -0.39 is 0 Å². The van der Waals surface area contributed by atoms with Crippen LogP contribution in [0, 0.1) is 13.8 Å². The van der Waals surface area contributed by atoms with Gasteiger partial charge in [0.05, 0.1) is 13.7 Å². The van der Waals surface area contributed by atoms with Crippen LogP contribution < -0.4 is 10.1 Å². The third-order valence-corrected chi connectivity index (χ3v) is 5.68. The third-order valence-electron chi connectivity index (χ3n) is 5.68. The Morgan fingerprint density at radius 1 is 1.24 bits per heavy atom. The van der Waals surface area contributed by atoms with E-state index in [0.29, 0.717) is 0 Å². The summed E-state index contributed by atoms with van der Waals surface area (Å²) in [7, 11) is 3.60. The van der Waals surface area contributed by atoms with Crippen LogP contribution in [0.4, 0.5) is 0 Å². The Hall–Kier alpha value is -2.11. The van der Waals surface area contributed by atoms with Crippen molar-refractivity contribution < 1.29 is 4.74 Å². The van der Waals surface area contributed by atoms with Gasteiger partial charge in [-0.3, -0.25) is 14.8 Å². The Balaban J connectivity index is 2.12. The highest BCUT2D eigenvalue weighted by molar-refractivity contribution is 5.84. The number of aliphatic imine (C=N–C) groups is 1. The second-order valence-corrected chi connectivity index (χ2v) is 7.68. The lowest BCUT2D eigenvalue weighted by atomic mass is 9.95. The van der Waals surface area contributed by atoms with E-state index in [1.807, 2.05) is 7.05 Å². The van der Waals surface area contributed by atoms with Crippen LogP contribution in [-0.2, 0) is 6.54 Å². The van der Waals surface area contributed by atoms with Crippen LogP contribution in [0.2, 0.25) is 0 Å². The fourth-order valence-electron chi connectivity index (χ4n) is 3.74. The van der Waals surface area contributed by atoms with E-state index in [2.05, 4.69) is 65.7 Å². The number of rotatable bonds is 9. The molecule has 0 spiro atoms. The Labute approximate surface area is 177 Å². The van der Waals surface area contributed by atoms with E-state index in [-0.39, 0.29) is 0 Å². The lowest BCUT2D eigenvalue weighted by Crippen LogP contribution is -2.48. The molecule has 0 bridgehead atoms. The minimum Gasteiger partial charge on any atom is -0.496 e. The van der Waals surface area contributed by atoms with Gasteiger partial charge in [0, 0.05) is 45.3 Å². The number of piperazine rings is 1. The summed E-state index contributed by atoms with van der Waals surface area (Å²) >= 11 is 0. The number of methoxy groups -OCH3 is 1. The van der Waals surface area contributed by atoms with Gasteiger partial charge >= 0.3 is 0 Å². The SMILES string of the molecule is C=CNC(CN1CCN(Cc2c(OC)cc(C)c(C)c2/C=C\CCC)CC1)=NC. The van der Waals surface area contributed by atoms with Gasteiger partial charge in [-0.15, -0.1) is 0 Å². The highest BCUT2D eigenvalue weighted by atomic mass is 16.5. The fourth-order valence-corrected chi connectivity index (χ4v) is 3.74. The third kappa shape index (κ3) is 6.44. The van der Waals surface area contributed by atoms with Crippen molar-refractivity contribution in [3.05, 3.63) is 47.2 Å². The molecule has 0 aromatic heterocycles. The molecule has 0 aliphatic carbocycles. The van der Waals surface area contributed by atoms with Gasteiger partial charge in [0.2, 0.25) is 0 Å². The zero-order valence-corrected chi connectivity index (χ0v) is 18.9. The number of ether oxygens (including phenoxy) is 1. The van der Waals surface area contributed by atoms with E-state index in [9.17, 15) is 0 Å². The van der Waals surface area contributed by atoms with Gasteiger partial charge in [-0.1, -0.05) is 32.1 Å². The molecular formula is C24H38N4O. The lowest BCUT2D eigenvalue weighted by molar-refractivity contribution is 0.138. The summed E-state index contributed by atoms with van der Waals surface area (Å²) in [4.78, 5) is 9.27. The minimum absolute atomic E-state index is 0.842. The number of amidine groups is 1. The standard InChI is InChI=1S/C24H38N4O/c1-7-9-10-11-21-20(4)19(3)16-23(29-6)22(21)17-27-12-14-28(15-13-27)18-24(25-5)26-8-2/h8,10-11,16H,2,7,9,12-15,17-18H2,1,3-6H3,(H,25,26)/b11-10-. The Morgan fingerprint density at radius 3 is 2.52 bits per heavy atom. The lowest BCUT2D eigenvalue weighted by Gasteiger charge is -2.35. The first-order valence-corrected chi connectivity index (χ1v) is 10.6. The maximum absolute atomic E-state index is 5.78. The molecule has 0 saturated carbocycles. The van der Waals surface area contributed by atoms with Crippen LogP contribution in [0.5, 0.6) is 5.75 Å². The highest BCUT2D eigenvalue weighted by Crippen LogP contribution is 2.31. The first-order valence-electron chi connectivity index (χ1n) is 10.6. The van der Waals surface area contributed by atoms with E-state index >= 15 is 0 Å². The maximum atomic E-state index is 5.78. The van der Waals surface area contributed by atoms with Crippen LogP contribution in [0.15, 0.2) is 29.9 Å². The molecule has 1 fully saturated rings. The average molecular weight is 399 g/mol. The number of aryl methyl sites for hydroxylation is 1. The van der Waals surface area contributed by atoms with E-state index in [0.717, 1.165) is 57.3 Å². The Bertz CT molecular complexity index is 731. The number of nitrogens with one attached hydrogen (secondary N) is 1. The number of allylic oxidation sites excluding steroid dienone is 1. The predicted molar refractivity (Wildman–Crippen MR) is 125 cm³/mol. The summed E-state index contributed by atoms with van der Waals surface area (Å²) in [6, 6.07) is 2.18. The fraction of sp³-hybridized carbons (Fsp3) is 0.542. The number of unbranched alkanes of at least 4 members (excludes halogenated alkanes) is 1. The van der Waals surface area contributed by atoms with Crippen LogP contribution in [0.25, 0.3) is 6.08 Å². The van der Waals surface area contributed by atoms with Crippen LogP contribution in [0.1, 0.15) is 42.0 Å². The van der Waals surface area contributed by atoms with Gasteiger partial charge in [0.15, 0.2) is 0 Å². The molecule has 1 N–H and O–H groups in total. The van der Waals surface area contributed by atoms with Crippen LogP contribution in [-0.4, -0.2) is 62.5 Å². The van der Waals surface area contributed by atoms with E-state index in [1.54, 1.807) is 13.3 Å². The first-order chi connectivity index (χ1) is 14.0. The Morgan fingerprint density at radius 2 is 1.93 bits per heavy atom. The van der Waals surface area contributed by atoms with Gasteiger partial charge in [0.25, 0.3) is 0 Å². The summed E-state index contributed by atoms with van der Waals surface area (Å²) in [5.74, 6) is 1.97. The van der Waals surface area contributed by atoms with Gasteiger partial charge in [-0.05, 0) is 49.2 Å². The molecule has 2 rings (SSSR count). The zero-order valence-electron chi connectivity index (χ0n) is 18.9. The second-order valence-electron chi connectivity index (χ2n) is 7.68. The molecule has 160 valence electrons. The molecule has 5 nitrogen and oxygen atoms in total. The van der Waals surface area contributed by atoms with Crippen molar-refractivity contribution in [2.45, 2.75) is 40.2 Å². The summed E-state index contributed by atoms with van der Waals surface area (Å²) in [6.07, 6.45) is 8.55. The monoisotopic (exact) mass is 398 g/mol. The summed E-state index contributed by atoms with van der Waals surface area (Å²) in [5.41, 5.74) is 5.27. The largest absolute Gasteiger partial charge is 0.496 e. The highest BCUT2D eigenvalue weighted by Gasteiger charge is 2.21. The zero-order chi connectivity index (χ0) is 21.2. The smallest absolute Gasteiger partial charge is 0.124 e. The van der Waals surface area contributed by atoms with Crippen molar-refractivity contribution in [1.82, 2.24) is 15.1 Å². The maximum Gasteiger partial charge on any atom is 0.124 e. The molecule has 1 aromatic rings. The molecule has 1 saturated heterocycles. The predicted octanol–water partition coefficient (Wildman–Crippen LogP) is 4.00. The molecule has 1 aromatic carbocycles. The molecule has 1 heterocycles. The van der Waals surface area contributed by atoms with Crippen LogP contribution >= 0.6 is 0 Å².